The van der Waals surface area contributed by atoms with Gasteiger partial charge in [0.05, 0.1) is 22.3 Å². The number of aryl methyl sites for hydroxylation is 2. The molecule has 0 saturated heterocycles. The monoisotopic (exact) mass is 301 g/mol. The molecule has 0 spiro atoms. The maximum atomic E-state index is 10.3. The van der Waals surface area contributed by atoms with Crippen LogP contribution in [0, 0.1) is 6.92 Å². The minimum absolute atomic E-state index is 0.445. The first kappa shape index (κ1) is 14.2. The molecule has 3 aromatic rings. The number of fused-ring (bicyclic) bond motifs is 1. The van der Waals surface area contributed by atoms with E-state index in [1.54, 1.807) is 11.3 Å². The Labute approximate surface area is 128 Å². The van der Waals surface area contributed by atoms with Crippen LogP contribution in [0.25, 0.3) is 10.9 Å². The summed E-state index contributed by atoms with van der Waals surface area (Å²) >= 11 is 1.61. The maximum Gasteiger partial charge on any atom is 0.0954 e. The lowest BCUT2D eigenvalue weighted by Gasteiger charge is -2.06. The van der Waals surface area contributed by atoms with Crippen molar-refractivity contribution in [2.24, 2.45) is 0 Å². The summed E-state index contributed by atoms with van der Waals surface area (Å²) in [7, 11) is 0. The van der Waals surface area contributed by atoms with E-state index in [-0.39, 0.29) is 0 Å². The van der Waals surface area contributed by atoms with Crippen molar-refractivity contribution in [3.05, 3.63) is 46.0 Å². The lowest BCUT2D eigenvalue weighted by molar-refractivity contribution is 0.174. The van der Waals surface area contributed by atoms with Gasteiger partial charge in [-0.3, -0.25) is 4.68 Å². The molecule has 0 saturated carbocycles. The number of thiazole rings is 1. The number of hydrogen-bond donors (Lipinski definition) is 1. The molecule has 4 nitrogen and oxygen atoms in total. The van der Waals surface area contributed by atoms with Crippen LogP contribution in [-0.2, 0) is 19.4 Å². The molecule has 5 heteroatoms. The van der Waals surface area contributed by atoms with Crippen molar-refractivity contribution in [2.45, 2.75) is 39.3 Å². The van der Waals surface area contributed by atoms with Crippen LogP contribution in [0.4, 0.5) is 0 Å². The van der Waals surface area contributed by atoms with Gasteiger partial charge in [-0.1, -0.05) is 18.2 Å². The first-order valence-corrected chi connectivity index (χ1v) is 8.09. The van der Waals surface area contributed by atoms with Crippen LogP contribution >= 0.6 is 11.3 Å². The molecular weight excluding hydrogens is 282 g/mol. The average Bonchev–Trinajstić information content (AvgIpc) is 3.03. The third kappa shape index (κ3) is 2.99. The van der Waals surface area contributed by atoms with Gasteiger partial charge in [0.2, 0.25) is 0 Å². The summed E-state index contributed by atoms with van der Waals surface area (Å²) < 4.78 is 1.99. The van der Waals surface area contributed by atoms with Gasteiger partial charge in [0.1, 0.15) is 0 Å². The lowest BCUT2D eigenvalue weighted by Crippen LogP contribution is -2.14. The number of para-hydroxylation sites is 1. The Bertz CT molecular complexity index is 747. The normalized spacial score (nSPS) is 12.9. The summed E-state index contributed by atoms with van der Waals surface area (Å²) in [5.74, 6) is 0. The van der Waals surface area contributed by atoms with Gasteiger partial charge in [0, 0.05) is 35.8 Å². The Hall–Kier alpha value is -1.72. The first-order valence-electron chi connectivity index (χ1n) is 7.21. The Kier molecular flexibility index (Phi) is 4.03. The van der Waals surface area contributed by atoms with Gasteiger partial charge >= 0.3 is 0 Å². The van der Waals surface area contributed by atoms with Gasteiger partial charge < -0.3 is 5.11 Å². The fraction of sp³-hybridized carbons (Fsp3) is 0.375. The van der Waals surface area contributed by atoms with Gasteiger partial charge in [-0.2, -0.15) is 5.10 Å². The summed E-state index contributed by atoms with van der Waals surface area (Å²) in [6.07, 6.45) is 0.706. The molecule has 2 heterocycles. The van der Waals surface area contributed by atoms with Crippen molar-refractivity contribution in [3.8, 4) is 0 Å². The van der Waals surface area contributed by atoms with E-state index in [1.165, 1.54) is 0 Å². The van der Waals surface area contributed by atoms with E-state index in [4.69, 9.17) is 0 Å². The van der Waals surface area contributed by atoms with Crippen molar-refractivity contribution >= 4 is 22.2 Å². The van der Waals surface area contributed by atoms with Crippen LogP contribution in [0.2, 0.25) is 0 Å². The Morgan fingerprint density at radius 3 is 2.81 bits per heavy atom. The highest BCUT2D eigenvalue weighted by Gasteiger charge is 2.15. The number of nitrogens with zero attached hydrogens (tertiary/aromatic N) is 3. The van der Waals surface area contributed by atoms with Crippen LogP contribution in [0.1, 0.15) is 23.3 Å². The number of aromatic nitrogens is 3. The van der Waals surface area contributed by atoms with Crippen molar-refractivity contribution in [1.82, 2.24) is 14.8 Å². The fourth-order valence-electron chi connectivity index (χ4n) is 2.58. The average molecular weight is 301 g/mol. The SMILES string of the molecule is CCn1nc(CC(O)Cc2nc(C)cs2)c2ccccc21. The molecule has 0 radical (unpaired) electrons. The predicted octanol–water partition coefficient (Wildman–Crippen LogP) is 2.97. The molecule has 1 N–H and O–H groups in total. The molecule has 1 atom stereocenters. The molecule has 0 amide bonds. The summed E-state index contributed by atoms with van der Waals surface area (Å²) in [4.78, 5) is 4.41. The highest BCUT2D eigenvalue weighted by molar-refractivity contribution is 7.09. The summed E-state index contributed by atoms with van der Waals surface area (Å²) in [5, 5.41) is 19.1. The molecule has 0 aliphatic rings. The van der Waals surface area contributed by atoms with Crippen LogP contribution in [0.3, 0.4) is 0 Å². The zero-order valence-corrected chi connectivity index (χ0v) is 13.1. The molecule has 0 bridgehead atoms. The Morgan fingerprint density at radius 1 is 1.29 bits per heavy atom. The van der Waals surface area contributed by atoms with E-state index in [0.717, 1.165) is 33.8 Å². The maximum absolute atomic E-state index is 10.3. The second-order valence-electron chi connectivity index (χ2n) is 5.22. The number of benzene rings is 1. The Balaban J connectivity index is 1.81. The molecule has 2 aromatic heterocycles. The second-order valence-corrected chi connectivity index (χ2v) is 6.17. The third-order valence-electron chi connectivity index (χ3n) is 3.54. The number of aliphatic hydroxyl groups excluding tert-OH is 1. The van der Waals surface area contributed by atoms with Crippen molar-refractivity contribution < 1.29 is 5.11 Å². The number of aliphatic hydroxyl groups is 1. The van der Waals surface area contributed by atoms with E-state index in [2.05, 4.69) is 29.1 Å². The van der Waals surface area contributed by atoms with E-state index >= 15 is 0 Å². The highest BCUT2D eigenvalue weighted by Crippen LogP contribution is 2.21. The molecule has 0 aliphatic carbocycles. The van der Waals surface area contributed by atoms with Gasteiger partial charge in [-0.05, 0) is 19.9 Å². The van der Waals surface area contributed by atoms with Crippen LogP contribution in [0.15, 0.2) is 29.6 Å². The molecule has 21 heavy (non-hydrogen) atoms. The van der Waals surface area contributed by atoms with Crippen molar-refractivity contribution in [3.63, 3.8) is 0 Å². The molecule has 1 aromatic carbocycles. The molecule has 3 rings (SSSR count). The minimum atomic E-state index is -0.445. The van der Waals surface area contributed by atoms with Gasteiger partial charge in [0.25, 0.3) is 0 Å². The number of rotatable bonds is 5. The van der Waals surface area contributed by atoms with E-state index < -0.39 is 6.10 Å². The zero-order valence-electron chi connectivity index (χ0n) is 12.3. The molecule has 1 unspecified atom stereocenters. The predicted molar refractivity (Wildman–Crippen MR) is 85.7 cm³/mol. The lowest BCUT2D eigenvalue weighted by atomic mass is 10.1. The topological polar surface area (TPSA) is 50.9 Å². The first-order chi connectivity index (χ1) is 10.2. The molecular formula is C16H19N3OS. The molecule has 110 valence electrons. The van der Waals surface area contributed by atoms with Crippen LogP contribution < -0.4 is 0 Å². The summed E-state index contributed by atoms with van der Waals surface area (Å²) in [5.41, 5.74) is 3.11. The Morgan fingerprint density at radius 2 is 2.10 bits per heavy atom. The van der Waals surface area contributed by atoms with Gasteiger partial charge in [-0.15, -0.1) is 11.3 Å². The van der Waals surface area contributed by atoms with Gasteiger partial charge in [0.15, 0.2) is 0 Å². The minimum Gasteiger partial charge on any atom is -0.392 e. The van der Waals surface area contributed by atoms with E-state index in [1.807, 2.05) is 29.1 Å². The van der Waals surface area contributed by atoms with Gasteiger partial charge in [-0.25, -0.2) is 4.98 Å². The number of hydrogen-bond acceptors (Lipinski definition) is 4. The van der Waals surface area contributed by atoms with Crippen molar-refractivity contribution in [2.75, 3.05) is 0 Å². The summed E-state index contributed by atoms with van der Waals surface area (Å²) in [6, 6.07) is 8.19. The quantitative estimate of drug-likeness (QED) is 0.788. The third-order valence-corrected chi connectivity index (χ3v) is 4.53. The standard InChI is InChI=1S/C16H19N3OS/c1-3-19-15-7-5-4-6-13(15)14(18-19)8-12(20)9-16-17-11(2)10-21-16/h4-7,10,12,20H,3,8-9H2,1-2H3. The zero-order chi connectivity index (χ0) is 14.8. The van der Waals surface area contributed by atoms with E-state index in [0.29, 0.717) is 12.8 Å². The van der Waals surface area contributed by atoms with Crippen LogP contribution in [0.5, 0.6) is 0 Å². The van der Waals surface area contributed by atoms with Crippen LogP contribution in [-0.4, -0.2) is 26.0 Å². The van der Waals surface area contributed by atoms with E-state index in [9.17, 15) is 5.11 Å². The highest BCUT2D eigenvalue weighted by atomic mass is 32.1. The van der Waals surface area contributed by atoms with Crippen molar-refractivity contribution in [1.29, 1.82) is 0 Å². The molecule has 0 fully saturated rings. The smallest absolute Gasteiger partial charge is 0.0954 e. The molecule has 0 aliphatic heterocycles. The second kappa shape index (κ2) is 5.95. The summed E-state index contributed by atoms with van der Waals surface area (Å²) in [6.45, 7) is 4.89. The largest absolute Gasteiger partial charge is 0.392 e. The fourth-order valence-corrected chi connectivity index (χ4v) is 3.43.